The quantitative estimate of drug-likeness (QED) is 0.762. The van der Waals surface area contributed by atoms with Gasteiger partial charge in [-0.1, -0.05) is 6.07 Å². The minimum Gasteiger partial charge on any atom is -0.454 e. The Morgan fingerprint density at radius 2 is 2.06 bits per heavy atom. The first-order valence-electron chi connectivity index (χ1n) is 5.21. The molecule has 0 amide bonds. The summed E-state index contributed by atoms with van der Waals surface area (Å²) in [6.07, 6.45) is 1.15. The van der Waals surface area contributed by atoms with Crippen molar-refractivity contribution in [1.29, 1.82) is 0 Å². The van der Waals surface area contributed by atoms with Crippen molar-refractivity contribution in [2.45, 2.75) is 19.4 Å². The molecule has 1 atom stereocenters. The van der Waals surface area contributed by atoms with Crippen LogP contribution in [-0.4, -0.2) is 27.6 Å². The highest BCUT2D eigenvalue weighted by Gasteiger charge is 2.16. The van der Waals surface area contributed by atoms with Gasteiger partial charge < -0.3 is 9.47 Å². The Labute approximate surface area is 100 Å². The van der Waals surface area contributed by atoms with Crippen molar-refractivity contribution in [3.05, 3.63) is 23.8 Å². The van der Waals surface area contributed by atoms with Crippen LogP contribution in [-0.2, 0) is 20.7 Å². The molecule has 5 nitrogen and oxygen atoms in total. The van der Waals surface area contributed by atoms with E-state index in [1.165, 1.54) is 0 Å². The molecule has 0 saturated heterocycles. The molecule has 1 aromatic carbocycles. The maximum atomic E-state index is 11.0. The highest BCUT2D eigenvalue weighted by Crippen LogP contribution is 2.32. The molecular weight excluding hydrogens is 244 g/mol. The van der Waals surface area contributed by atoms with Gasteiger partial charge in [0.25, 0.3) is 10.1 Å². The first-order valence-corrected chi connectivity index (χ1v) is 7.02. The minimum absolute atomic E-state index is 0.230. The molecule has 0 fully saturated rings. The van der Waals surface area contributed by atoms with E-state index >= 15 is 0 Å². The number of rotatable bonds is 4. The smallest absolute Gasteiger partial charge is 0.264 e. The van der Waals surface area contributed by atoms with Crippen LogP contribution in [0.5, 0.6) is 11.5 Å². The molecule has 0 spiro atoms. The number of hydrogen-bond donors (Lipinski definition) is 0. The molecule has 0 unspecified atom stereocenters. The van der Waals surface area contributed by atoms with Crippen molar-refractivity contribution in [3.8, 4) is 11.5 Å². The number of fused-ring (bicyclic) bond motifs is 1. The second-order valence-electron chi connectivity index (χ2n) is 4.00. The molecule has 1 heterocycles. The van der Waals surface area contributed by atoms with Crippen LogP contribution in [0.3, 0.4) is 0 Å². The van der Waals surface area contributed by atoms with Crippen LogP contribution in [0.2, 0.25) is 0 Å². The summed E-state index contributed by atoms with van der Waals surface area (Å²) in [5.41, 5.74) is 0.949. The topological polar surface area (TPSA) is 61.8 Å². The van der Waals surface area contributed by atoms with Crippen molar-refractivity contribution < 1.29 is 22.1 Å². The summed E-state index contributed by atoms with van der Waals surface area (Å²) in [5.74, 6) is 1.40. The lowest BCUT2D eigenvalue weighted by molar-refractivity contribution is 0.174. The Bertz CT molecular complexity index is 509. The molecule has 6 heteroatoms. The van der Waals surface area contributed by atoms with E-state index in [4.69, 9.17) is 13.7 Å². The van der Waals surface area contributed by atoms with E-state index < -0.39 is 16.2 Å². The van der Waals surface area contributed by atoms with Gasteiger partial charge in [0.2, 0.25) is 6.79 Å². The fourth-order valence-corrected chi connectivity index (χ4v) is 2.40. The zero-order valence-electron chi connectivity index (χ0n) is 9.67. The summed E-state index contributed by atoms with van der Waals surface area (Å²) >= 11 is 0. The highest BCUT2D eigenvalue weighted by molar-refractivity contribution is 7.86. The summed E-state index contributed by atoms with van der Waals surface area (Å²) in [7, 11) is -3.41. The SMILES string of the molecule is C[C@H](Cc1ccc2c(c1)OCO2)OS(C)(=O)=O. The van der Waals surface area contributed by atoms with Gasteiger partial charge in [-0.15, -0.1) is 0 Å². The Balaban J connectivity index is 2.04. The zero-order valence-corrected chi connectivity index (χ0v) is 10.5. The maximum Gasteiger partial charge on any atom is 0.264 e. The van der Waals surface area contributed by atoms with Crippen LogP contribution in [0.25, 0.3) is 0 Å². The van der Waals surface area contributed by atoms with Crippen LogP contribution in [0.15, 0.2) is 18.2 Å². The average Bonchev–Trinajstić information content (AvgIpc) is 2.61. The van der Waals surface area contributed by atoms with Crippen molar-refractivity contribution in [1.82, 2.24) is 0 Å². The van der Waals surface area contributed by atoms with E-state index in [9.17, 15) is 8.42 Å². The van der Waals surface area contributed by atoms with Gasteiger partial charge in [-0.3, -0.25) is 4.18 Å². The fourth-order valence-electron chi connectivity index (χ4n) is 1.73. The van der Waals surface area contributed by atoms with Crippen LogP contribution in [0.4, 0.5) is 0 Å². The third kappa shape index (κ3) is 3.34. The van der Waals surface area contributed by atoms with Crippen molar-refractivity contribution in [3.63, 3.8) is 0 Å². The van der Waals surface area contributed by atoms with Gasteiger partial charge >= 0.3 is 0 Å². The van der Waals surface area contributed by atoms with Gasteiger partial charge in [0.05, 0.1) is 12.4 Å². The highest BCUT2D eigenvalue weighted by atomic mass is 32.2. The predicted octanol–water partition coefficient (Wildman–Crippen LogP) is 1.32. The van der Waals surface area contributed by atoms with E-state index in [0.717, 1.165) is 11.8 Å². The molecule has 1 aromatic rings. The molecular formula is C11H14O5S. The number of hydrogen-bond acceptors (Lipinski definition) is 5. The van der Waals surface area contributed by atoms with Gasteiger partial charge in [-0.25, -0.2) is 0 Å². The van der Waals surface area contributed by atoms with Crippen LogP contribution >= 0.6 is 0 Å². The first-order chi connectivity index (χ1) is 7.94. The first kappa shape index (κ1) is 12.2. The maximum absolute atomic E-state index is 11.0. The number of benzene rings is 1. The summed E-state index contributed by atoms with van der Waals surface area (Å²) in [6.45, 7) is 1.94. The molecule has 2 rings (SSSR count). The standard InChI is InChI=1S/C11H14O5S/c1-8(16-17(2,12)13)5-9-3-4-10-11(6-9)15-7-14-10/h3-4,6,8H,5,7H2,1-2H3/t8-/m1/s1. The minimum atomic E-state index is -3.41. The lowest BCUT2D eigenvalue weighted by atomic mass is 10.1. The van der Waals surface area contributed by atoms with Gasteiger partial charge in [0.1, 0.15) is 0 Å². The van der Waals surface area contributed by atoms with Crippen LogP contribution in [0.1, 0.15) is 12.5 Å². The third-order valence-corrected chi connectivity index (χ3v) is 2.98. The molecule has 1 aliphatic rings. The summed E-state index contributed by atoms with van der Waals surface area (Å²) in [6, 6.07) is 5.52. The second-order valence-corrected chi connectivity index (χ2v) is 5.60. The molecule has 1 aliphatic heterocycles. The molecule has 94 valence electrons. The lowest BCUT2D eigenvalue weighted by Gasteiger charge is -2.11. The summed E-state index contributed by atoms with van der Waals surface area (Å²) in [5, 5.41) is 0. The Morgan fingerprint density at radius 3 is 2.76 bits per heavy atom. The molecule has 0 saturated carbocycles. The fraction of sp³-hybridized carbons (Fsp3) is 0.455. The lowest BCUT2D eigenvalue weighted by Crippen LogP contribution is -2.16. The number of ether oxygens (including phenoxy) is 2. The molecule has 0 N–H and O–H groups in total. The van der Waals surface area contributed by atoms with Gasteiger partial charge in [0, 0.05) is 0 Å². The van der Waals surface area contributed by atoms with E-state index in [1.807, 2.05) is 18.2 Å². The van der Waals surface area contributed by atoms with Gasteiger partial charge in [0.15, 0.2) is 11.5 Å². The van der Waals surface area contributed by atoms with Crippen molar-refractivity contribution in [2.24, 2.45) is 0 Å². The summed E-state index contributed by atoms with van der Waals surface area (Å²) < 4.78 is 37.2. The monoisotopic (exact) mass is 258 g/mol. The Hall–Kier alpha value is -1.27. The predicted molar refractivity (Wildman–Crippen MR) is 61.7 cm³/mol. The van der Waals surface area contributed by atoms with E-state index in [-0.39, 0.29) is 6.79 Å². The largest absolute Gasteiger partial charge is 0.454 e. The third-order valence-electron chi connectivity index (χ3n) is 2.30. The van der Waals surface area contributed by atoms with Gasteiger partial charge in [-0.05, 0) is 31.0 Å². The second kappa shape index (κ2) is 4.54. The molecule has 0 aliphatic carbocycles. The molecule has 0 aromatic heterocycles. The average molecular weight is 258 g/mol. The molecule has 0 radical (unpaired) electrons. The molecule has 0 bridgehead atoms. The van der Waals surface area contributed by atoms with Crippen LogP contribution in [0, 0.1) is 0 Å². The van der Waals surface area contributed by atoms with E-state index in [2.05, 4.69) is 0 Å². The molecule has 17 heavy (non-hydrogen) atoms. The zero-order chi connectivity index (χ0) is 12.5. The normalized spacial score (nSPS) is 15.9. The van der Waals surface area contributed by atoms with Crippen molar-refractivity contribution in [2.75, 3.05) is 13.0 Å². The van der Waals surface area contributed by atoms with E-state index in [1.54, 1.807) is 6.92 Å². The Morgan fingerprint density at radius 1 is 1.35 bits per heavy atom. The Kier molecular flexibility index (Phi) is 3.26. The summed E-state index contributed by atoms with van der Waals surface area (Å²) in [4.78, 5) is 0. The van der Waals surface area contributed by atoms with Crippen molar-refractivity contribution >= 4 is 10.1 Å². The van der Waals surface area contributed by atoms with Gasteiger partial charge in [-0.2, -0.15) is 8.42 Å². The van der Waals surface area contributed by atoms with E-state index in [0.29, 0.717) is 17.9 Å². The van der Waals surface area contributed by atoms with Crippen LogP contribution < -0.4 is 9.47 Å².